The standard InChI is InChI=1S/C21H29N7O3/c1-6-20(23-22-15(3)18(24-30-5)12-16-10-11-16)31-13-17-14(2)8-7-9-19(17)28-21(29)27(4)25-26-28/h7-9,16H,6,10-13H2,1-5H3/b22-15+,23-20+,24-18+. The van der Waals surface area contributed by atoms with E-state index in [2.05, 4.69) is 25.8 Å². The van der Waals surface area contributed by atoms with Gasteiger partial charge in [0, 0.05) is 19.0 Å². The number of ether oxygens (including phenoxy) is 1. The minimum Gasteiger partial charge on any atom is -0.475 e. The van der Waals surface area contributed by atoms with Crippen LogP contribution in [0.2, 0.25) is 0 Å². The van der Waals surface area contributed by atoms with Gasteiger partial charge in [0.05, 0.1) is 11.4 Å². The molecule has 0 saturated heterocycles. The van der Waals surface area contributed by atoms with E-state index in [1.54, 1.807) is 7.05 Å². The number of aromatic nitrogens is 4. The van der Waals surface area contributed by atoms with Crippen LogP contribution in [0.15, 0.2) is 38.4 Å². The van der Waals surface area contributed by atoms with E-state index < -0.39 is 0 Å². The van der Waals surface area contributed by atoms with Crippen molar-refractivity contribution in [2.45, 2.75) is 53.1 Å². The van der Waals surface area contributed by atoms with Gasteiger partial charge < -0.3 is 9.57 Å². The van der Waals surface area contributed by atoms with Crippen molar-refractivity contribution in [2.75, 3.05) is 7.11 Å². The molecule has 0 amide bonds. The van der Waals surface area contributed by atoms with Crippen LogP contribution >= 0.6 is 0 Å². The minimum atomic E-state index is -0.322. The quantitative estimate of drug-likeness (QED) is 0.347. The second kappa shape index (κ2) is 10.1. The zero-order valence-electron chi connectivity index (χ0n) is 18.7. The Morgan fingerprint density at radius 1 is 1.26 bits per heavy atom. The normalized spacial score (nSPS) is 15.3. The van der Waals surface area contributed by atoms with Crippen LogP contribution in [-0.4, -0.2) is 44.2 Å². The van der Waals surface area contributed by atoms with Crippen molar-refractivity contribution >= 4 is 17.3 Å². The number of oxime groups is 1. The van der Waals surface area contributed by atoms with Crippen molar-refractivity contribution in [1.82, 2.24) is 19.8 Å². The monoisotopic (exact) mass is 427 g/mol. The molecule has 0 N–H and O–H groups in total. The van der Waals surface area contributed by atoms with Crippen LogP contribution in [0.25, 0.3) is 5.69 Å². The lowest BCUT2D eigenvalue weighted by Crippen LogP contribution is -2.23. The van der Waals surface area contributed by atoms with E-state index in [4.69, 9.17) is 9.57 Å². The number of hydrogen-bond donors (Lipinski definition) is 0. The molecule has 3 rings (SSSR count). The first-order valence-corrected chi connectivity index (χ1v) is 10.4. The van der Waals surface area contributed by atoms with Crippen LogP contribution in [0.1, 0.15) is 50.7 Å². The fourth-order valence-corrected chi connectivity index (χ4v) is 3.04. The van der Waals surface area contributed by atoms with E-state index in [0.29, 0.717) is 29.6 Å². The largest absolute Gasteiger partial charge is 0.475 e. The summed E-state index contributed by atoms with van der Waals surface area (Å²) in [5.41, 5.74) is 3.65. The van der Waals surface area contributed by atoms with Gasteiger partial charge in [-0.2, -0.15) is 14.5 Å². The van der Waals surface area contributed by atoms with Crippen LogP contribution in [0, 0.1) is 12.8 Å². The summed E-state index contributed by atoms with van der Waals surface area (Å²) < 4.78 is 8.40. The van der Waals surface area contributed by atoms with Gasteiger partial charge in [-0.25, -0.2) is 4.79 Å². The zero-order chi connectivity index (χ0) is 22.4. The van der Waals surface area contributed by atoms with Gasteiger partial charge in [0.25, 0.3) is 0 Å². The van der Waals surface area contributed by atoms with Crippen molar-refractivity contribution in [3.63, 3.8) is 0 Å². The molecule has 1 saturated carbocycles. The van der Waals surface area contributed by atoms with Crippen LogP contribution in [-0.2, 0) is 23.2 Å². The average molecular weight is 428 g/mol. The Morgan fingerprint density at radius 2 is 2.03 bits per heavy atom. The molecule has 0 aliphatic heterocycles. The predicted octanol–water partition coefficient (Wildman–Crippen LogP) is 2.78. The predicted molar refractivity (Wildman–Crippen MR) is 119 cm³/mol. The Kier molecular flexibility index (Phi) is 7.32. The van der Waals surface area contributed by atoms with Gasteiger partial charge in [-0.05, 0) is 61.1 Å². The molecule has 1 aliphatic rings. The molecule has 10 nitrogen and oxygen atoms in total. The molecule has 1 aliphatic carbocycles. The first kappa shape index (κ1) is 22.4. The summed E-state index contributed by atoms with van der Waals surface area (Å²) in [6.07, 6.45) is 3.86. The summed E-state index contributed by atoms with van der Waals surface area (Å²) in [7, 11) is 3.09. The summed E-state index contributed by atoms with van der Waals surface area (Å²) in [5.74, 6) is 1.15. The Morgan fingerprint density at radius 3 is 2.65 bits per heavy atom. The molecule has 1 aromatic heterocycles. The molecule has 0 bridgehead atoms. The van der Waals surface area contributed by atoms with Crippen LogP contribution in [0.3, 0.4) is 0 Å². The van der Waals surface area contributed by atoms with Gasteiger partial charge in [0.1, 0.15) is 19.4 Å². The first-order valence-electron chi connectivity index (χ1n) is 10.4. The third-order valence-corrected chi connectivity index (χ3v) is 5.13. The van der Waals surface area contributed by atoms with Crippen LogP contribution in [0.4, 0.5) is 0 Å². The summed E-state index contributed by atoms with van der Waals surface area (Å²) in [6.45, 7) is 6.01. The van der Waals surface area contributed by atoms with Gasteiger partial charge in [0.15, 0.2) is 0 Å². The molecule has 0 spiro atoms. The smallest absolute Gasteiger partial charge is 0.368 e. The highest BCUT2D eigenvalue weighted by atomic mass is 16.6. The van der Waals surface area contributed by atoms with Crippen molar-refractivity contribution in [3.05, 3.63) is 39.8 Å². The fourth-order valence-electron chi connectivity index (χ4n) is 3.04. The number of aryl methyl sites for hydroxylation is 2. The lowest BCUT2D eigenvalue weighted by Gasteiger charge is -2.13. The van der Waals surface area contributed by atoms with E-state index >= 15 is 0 Å². The number of tetrazole rings is 1. The maximum absolute atomic E-state index is 12.3. The van der Waals surface area contributed by atoms with E-state index in [1.165, 1.54) is 29.3 Å². The van der Waals surface area contributed by atoms with E-state index in [-0.39, 0.29) is 12.3 Å². The van der Waals surface area contributed by atoms with Crippen molar-refractivity contribution in [1.29, 1.82) is 0 Å². The molecule has 1 fully saturated rings. The van der Waals surface area contributed by atoms with Crippen molar-refractivity contribution in [3.8, 4) is 5.69 Å². The second-order valence-corrected chi connectivity index (χ2v) is 7.56. The number of benzene rings is 1. The molecule has 0 atom stereocenters. The molecule has 0 unspecified atom stereocenters. The number of nitrogens with zero attached hydrogens (tertiary/aromatic N) is 7. The molecular formula is C21H29N7O3. The second-order valence-electron chi connectivity index (χ2n) is 7.56. The SMILES string of the molecule is CC\C(=N/N=C(C)/C(CC1CC1)=N/OC)OCc1c(C)cccc1-n1nnn(C)c1=O. The maximum Gasteiger partial charge on any atom is 0.368 e. The Bertz CT molecular complexity index is 1060. The molecule has 1 heterocycles. The highest BCUT2D eigenvalue weighted by molar-refractivity contribution is 6.41. The van der Waals surface area contributed by atoms with Crippen molar-refractivity contribution in [2.24, 2.45) is 28.3 Å². The number of rotatable bonds is 9. The lowest BCUT2D eigenvalue weighted by atomic mass is 10.1. The zero-order valence-corrected chi connectivity index (χ0v) is 18.7. The molecule has 1 aromatic carbocycles. The Hall–Kier alpha value is -3.30. The average Bonchev–Trinajstić information content (AvgIpc) is 3.52. The van der Waals surface area contributed by atoms with E-state index in [1.807, 2.05) is 39.0 Å². The molecule has 10 heteroatoms. The topological polar surface area (TPSA) is 108 Å². The molecule has 31 heavy (non-hydrogen) atoms. The van der Waals surface area contributed by atoms with E-state index in [9.17, 15) is 4.79 Å². The summed E-state index contributed by atoms with van der Waals surface area (Å²) in [5, 5.41) is 20.4. The Balaban J connectivity index is 1.78. The Labute approximate surface area is 181 Å². The highest BCUT2D eigenvalue weighted by Crippen LogP contribution is 2.33. The summed E-state index contributed by atoms with van der Waals surface area (Å²) >= 11 is 0. The fraction of sp³-hybridized carbons (Fsp3) is 0.524. The lowest BCUT2D eigenvalue weighted by molar-refractivity contribution is 0.213. The van der Waals surface area contributed by atoms with E-state index in [0.717, 1.165) is 23.3 Å². The van der Waals surface area contributed by atoms with Gasteiger partial charge in [-0.15, -0.1) is 5.10 Å². The van der Waals surface area contributed by atoms with Gasteiger partial charge in [-0.3, -0.25) is 0 Å². The van der Waals surface area contributed by atoms with Crippen molar-refractivity contribution < 1.29 is 9.57 Å². The third-order valence-electron chi connectivity index (χ3n) is 5.13. The van der Waals surface area contributed by atoms with Crippen LogP contribution in [0.5, 0.6) is 0 Å². The van der Waals surface area contributed by atoms with Gasteiger partial charge in [0.2, 0.25) is 5.90 Å². The van der Waals surface area contributed by atoms with Gasteiger partial charge >= 0.3 is 5.69 Å². The minimum absolute atomic E-state index is 0.230. The first-order chi connectivity index (χ1) is 14.9. The molecule has 166 valence electrons. The molecule has 0 radical (unpaired) electrons. The third kappa shape index (κ3) is 5.65. The van der Waals surface area contributed by atoms with Gasteiger partial charge in [-0.1, -0.05) is 24.2 Å². The summed E-state index contributed by atoms with van der Waals surface area (Å²) in [6, 6.07) is 5.65. The maximum atomic E-state index is 12.3. The molecule has 2 aromatic rings. The van der Waals surface area contributed by atoms with Crippen LogP contribution < -0.4 is 5.69 Å². The molecular weight excluding hydrogens is 398 g/mol. The highest BCUT2D eigenvalue weighted by Gasteiger charge is 2.24. The summed E-state index contributed by atoms with van der Waals surface area (Å²) in [4.78, 5) is 17.3. The number of hydrogen-bond acceptors (Lipinski definition) is 8.